The molecule has 118 valence electrons. The summed E-state index contributed by atoms with van der Waals surface area (Å²) in [6.07, 6.45) is 5.88. The topological polar surface area (TPSA) is 70.6 Å². The number of benzene rings is 1. The zero-order valence-corrected chi connectivity index (χ0v) is 12.9. The predicted molar refractivity (Wildman–Crippen MR) is 83.7 cm³/mol. The minimum absolute atomic E-state index is 0.0952. The van der Waals surface area contributed by atoms with Gasteiger partial charge >= 0.3 is 6.03 Å². The number of amides is 2. The van der Waals surface area contributed by atoms with Crippen LogP contribution in [0.2, 0.25) is 0 Å². The van der Waals surface area contributed by atoms with Gasteiger partial charge < -0.3 is 20.5 Å². The van der Waals surface area contributed by atoms with Crippen LogP contribution in [-0.2, 0) is 6.54 Å². The number of aromatic hydroxyl groups is 1. The average molecular weight is 294 g/mol. The zero-order chi connectivity index (χ0) is 15.5. The van der Waals surface area contributed by atoms with Crippen molar-refractivity contribution >= 4 is 6.03 Å². The van der Waals surface area contributed by atoms with Crippen LogP contribution in [-0.4, -0.2) is 24.8 Å². The molecule has 3 N–H and O–H groups in total. The van der Waals surface area contributed by atoms with Crippen LogP contribution in [0.15, 0.2) is 18.2 Å². The maximum atomic E-state index is 11.6. The van der Waals surface area contributed by atoms with E-state index in [4.69, 9.17) is 4.74 Å². The second-order valence-corrected chi connectivity index (χ2v) is 5.03. The van der Waals surface area contributed by atoms with Crippen LogP contribution in [0, 0.1) is 0 Å². The fourth-order valence-electron chi connectivity index (χ4n) is 2.01. The van der Waals surface area contributed by atoms with Gasteiger partial charge in [0.25, 0.3) is 0 Å². The number of carbonyl (C=O) groups excluding carboxylic acids is 1. The number of phenols is 1. The third-order valence-corrected chi connectivity index (χ3v) is 3.26. The Morgan fingerprint density at radius 3 is 2.67 bits per heavy atom. The van der Waals surface area contributed by atoms with Crippen molar-refractivity contribution in [2.45, 2.75) is 45.6 Å². The highest BCUT2D eigenvalue weighted by Crippen LogP contribution is 2.26. The molecule has 0 aliphatic carbocycles. The number of ether oxygens (including phenoxy) is 1. The molecule has 1 rings (SSSR count). The summed E-state index contributed by atoms with van der Waals surface area (Å²) in [6, 6.07) is 4.85. The number of carbonyl (C=O) groups is 1. The van der Waals surface area contributed by atoms with Gasteiger partial charge in [0.15, 0.2) is 11.5 Å². The lowest BCUT2D eigenvalue weighted by molar-refractivity contribution is 0.240. The Morgan fingerprint density at radius 2 is 1.95 bits per heavy atom. The maximum Gasteiger partial charge on any atom is 0.315 e. The maximum absolute atomic E-state index is 11.6. The molecule has 0 spiro atoms. The summed E-state index contributed by atoms with van der Waals surface area (Å²) in [7, 11) is 1.50. The van der Waals surface area contributed by atoms with Crippen molar-refractivity contribution in [2.75, 3.05) is 13.7 Å². The third-order valence-electron chi connectivity index (χ3n) is 3.26. The van der Waals surface area contributed by atoms with E-state index >= 15 is 0 Å². The van der Waals surface area contributed by atoms with Crippen LogP contribution in [0.1, 0.15) is 44.6 Å². The van der Waals surface area contributed by atoms with Crippen molar-refractivity contribution in [1.29, 1.82) is 0 Å². The first-order chi connectivity index (χ1) is 10.2. The number of methoxy groups -OCH3 is 1. The van der Waals surface area contributed by atoms with Gasteiger partial charge in [0.05, 0.1) is 7.11 Å². The summed E-state index contributed by atoms with van der Waals surface area (Å²) in [5, 5.41) is 15.1. The summed E-state index contributed by atoms with van der Waals surface area (Å²) in [6.45, 7) is 3.29. The average Bonchev–Trinajstić information content (AvgIpc) is 2.50. The SMILES string of the molecule is CCCCCCCNC(=O)NCc1ccc(O)c(OC)c1. The first-order valence-electron chi connectivity index (χ1n) is 7.55. The Balaban J connectivity index is 2.21. The second-order valence-electron chi connectivity index (χ2n) is 5.03. The Morgan fingerprint density at radius 1 is 1.19 bits per heavy atom. The van der Waals surface area contributed by atoms with Crippen LogP contribution in [0.3, 0.4) is 0 Å². The molecule has 0 fully saturated rings. The first-order valence-corrected chi connectivity index (χ1v) is 7.55. The fraction of sp³-hybridized carbons (Fsp3) is 0.562. The monoisotopic (exact) mass is 294 g/mol. The van der Waals surface area contributed by atoms with Crippen molar-refractivity contribution < 1.29 is 14.6 Å². The number of hydrogen-bond acceptors (Lipinski definition) is 3. The molecule has 0 unspecified atom stereocenters. The van der Waals surface area contributed by atoms with Crippen LogP contribution in [0.4, 0.5) is 4.79 Å². The quantitative estimate of drug-likeness (QED) is 0.613. The zero-order valence-electron chi connectivity index (χ0n) is 12.9. The van der Waals surface area contributed by atoms with Crippen molar-refractivity contribution in [3.05, 3.63) is 23.8 Å². The van der Waals surface area contributed by atoms with E-state index in [9.17, 15) is 9.90 Å². The van der Waals surface area contributed by atoms with E-state index in [1.54, 1.807) is 18.2 Å². The van der Waals surface area contributed by atoms with Crippen molar-refractivity contribution in [1.82, 2.24) is 10.6 Å². The predicted octanol–water partition coefficient (Wildman–Crippen LogP) is 3.17. The summed E-state index contributed by atoms with van der Waals surface area (Å²) in [5.41, 5.74) is 0.878. The molecule has 0 heterocycles. The molecule has 0 saturated carbocycles. The number of phenolic OH excluding ortho intramolecular Hbond substituents is 1. The molecule has 5 heteroatoms. The van der Waals surface area contributed by atoms with Gasteiger partial charge in [0.2, 0.25) is 0 Å². The van der Waals surface area contributed by atoms with Gasteiger partial charge in [-0.15, -0.1) is 0 Å². The Hall–Kier alpha value is -1.91. The standard InChI is InChI=1S/C16H26N2O3/c1-3-4-5-6-7-10-17-16(20)18-12-13-8-9-14(19)15(11-13)21-2/h8-9,11,19H,3-7,10,12H2,1-2H3,(H2,17,18,20). The van der Waals surface area contributed by atoms with Gasteiger partial charge in [0, 0.05) is 13.1 Å². The molecule has 21 heavy (non-hydrogen) atoms. The van der Waals surface area contributed by atoms with Crippen LogP contribution in [0.25, 0.3) is 0 Å². The van der Waals surface area contributed by atoms with E-state index in [1.807, 2.05) is 0 Å². The molecule has 5 nitrogen and oxygen atoms in total. The van der Waals surface area contributed by atoms with E-state index in [-0.39, 0.29) is 11.8 Å². The third kappa shape index (κ3) is 6.88. The molecule has 0 aliphatic heterocycles. The summed E-state index contributed by atoms with van der Waals surface area (Å²) >= 11 is 0. The van der Waals surface area contributed by atoms with E-state index in [1.165, 1.54) is 26.4 Å². The molecular formula is C16H26N2O3. The number of rotatable bonds is 9. The molecule has 1 aromatic carbocycles. The van der Waals surface area contributed by atoms with E-state index in [0.717, 1.165) is 18.4 Å². The van der Waals surface area contributed by atoms with E-state index < -0.39 is 0 Å². The molecule has 0 saturated heterocycles. The summed E-state index contributed by atoms with van der Waals surface area (Å²) in [5.74, 6) is 0.503. The molecule has 0 aromatic heterocycles. The lowest BCUT2D eigenvalue weighted by Gasteiger charge is -2.09. The highest BCUT2D eigenvalue weighted by molar-refractivity contribution is 5.73. The van der Waals surface area contributed by atoms with Crippen LogP contribution < -0.4 is 15.4 Å². The van der Waals surface area contributed by atoms with Gasteiger partial charge in [-0.1, -0.05) is 38.7 Å². The summed E-state index contributed by atoms with van der Waals surface area (Å²) in [4.78, 5) is 11.6. The van der Waals surface area contributed by atoms with Gasteiger partial charge in [-0.2, -0.15) is 0 Å². The van der Waals surface area contributed by atoms with E-state index in [2.05, 4.69) is 17.6 Å². The second kappa shape index (κ2) is 9.91. The van der Waals surface area contributed by atoms with Crippen LogP contribution in [0.5, 0.6) is 11.5 Å². The number of unbranched alkanes of at least 4 members (excludes halogenated alkanes) is 4. The van der Waals surface area contributed by atoms with Crippen LogP contribution >= 0.6 is 0 Å². The van der Waals surface area contributed by atoms with Gasteiger partial charge in [-0.3, -0.25) is 0 Å². The van der Waals surface area contributed by atoms with Crippen molar-refractivity contribution in [2.24, 2.45) is 0 Å². The Kier molecular flexibility index (Phi) is 8.09. The molecule has 0 bridgehead atoms. The summed E-state index contributed by atoms with van der Waals surface area (Å²) < 4.78 is 5.03. The first kappa shape index (κ1) is 17.1. The molecule has 0 radical (unpaired) electrons. The highest BCUT2D eigenvalue weighted by Gasteiger charge is 2.04. The minimum Gasteiger partial charge on any atom is -0.504 e. The molecule has 0 atom stereocenters. The lowest BCUT2D eigenvalue weighted by Crippen LogP contribution is -2.35. The molecule has 2 amide bonds. The van der Waals surface area contributed by atoms with Gasteiger partial charge in [-0.05, 0) is 24.1 Å². The van der Waals surface area contributed by atoms with E-state index in [0.29, 0.717) is 18.8 Å². The number of hydrogen-bond donors (Lipinski definition) is 3. The lowest BCUT2D eigenvalue weighted by atomic mass is 10.1. The fourth-order valence-corrected chi connectivity index (χ4v) is 2.01. The van der Waals surface area contributed by atoms with Gasteiger partial charge in [-0.25, -0.2) is 4.79 Å². The van der Waals surface area contributed by atoms with Crippen molar-refractivity contribution in [3.63, 3.8) is 0 Å². The van der Waals surface area contributed by atoms with Crippen molar-refractivity contribution in [3.8, 4) is 11.5 Å². The largest absolute Gasteiger partial charge is 0.504 e. The smallest absolute Gasteiger partial charge is 0.315 e. The number of urea groups is 1. The van der Waals surface area contributed by atoms with Gasteiger partial charge in [0.1, 0.15) is 0 Å². The Bertz CT molecular complexity index is 436. The highest BCUT2D eigenvalue weighted by atomic mass is 16.5. The Labute approximate surface area is 126 Å². The number of nitrogens with one attached hydrogen (secondary N) is 2. The molecule has 1 aromatic rings. The molecular weight excluding hydrogens is 268 g/mol. The minimum atomic E-state index is -0.169. The normalized spacial score (nSPS) is 10.2. The molecule has 0 aliphatic rings.